The van der Waals surface area contributed by atoms with E-state index in [1.807, 2.05) is 30.5 Å². The predicted molar refractivity (Wildman–Crippen MR) is 87.0 cm³/mol. The van der Waals surface area contributed by atoms with E-state index in [0.29, 0.717) is 10.6 Å². The Labute approximate surface area is 133 Å². The van der Waals surface area contributed by atoms with Crippen molar-refractivity contribution in [2.75, 3.05) is 12.8 Å². The zero-order valence-electron chi connectivity index (χ0n) is 11.5. The second-order valence-electron chi connectivity index (χ2n) is 4.51. The molecular formula is C16H16ClNO2S. The molecule has 1 amide bonds. The molecule has 0 aliphatic carbocycles. The Morgan fingerprint density at radius 1 is 1.29 bits per heavy atom. The third kappa shape index (κ3) is 4.49. The van der Waals surface area contributed by atoms with Crippen LogP contribution in [0.3, 0.4) is 0 Å². The Kier molecular flexibility index (Phi) is 5.67. The Balaban J connectivity index is 1.93. The summed E-state index contributed by atoms with van der Waals surface area (Å²) in [6, 6.07) is 14.3. The molecule has 0 aliphatic heterocycles. The number of benzene rings is 2. The lowest BCUT2D eigenvalue weighted by molar-refractivity contribution is 0.0916. The van der Waals surface area contributed by atoms with Gasteiger partial charge in [0.05, 0.1) is 6.10 Å². The van der Waals surface area contributed by atoms with E-state index in [1.54, 1.807) is 36.0 Å². The smallest absolute Gasteiger partial charge is 0.251 e. The molecular weight excluding hydrogens is 306 g/mol. The van der Waals surface area contributed by atoms with Crippen LogP contribution in [-0.4, -0.2) is 23.8 Å². The largest absolute Gasteiger partial charge is 0.387 e. The first-order valence-electron chi connectivity index (χ1n) is 6.46. The summed E-state index contributed by atoms with van der Waals surface area (Å²) in [5.74, 6) is -0.253. The lowest BCUT2D eigenvalue weighted by Crippen LogP contribution is -2.28. The monoisotopic (exact) mass is 321 g/mol. The van der Waals surface area contributed by atoms with Crippen LogP contribution in [0.2, 0.25) is 5.02 Å². The summed E-state index contributed by atoms with van der Waals surface area (Å²) >= 11 is 7.49. The molecule has 2 aromatic carbocycles. The molecule has 1 atom stereocenters. The van der Waals surface area contributed by atoms with Gasteiger partial charge in [0.2, 0.25) is 0 Å². The third-order valence-corrected chi connectivity index (χ3v) is 4.02. The van der Waals surface area contributed by atoms with E-state index in [0.717, 1.165) is 10.5 Å². The molecule has 0 bridgehead atoms. The summed E-state index contributed by atoms with van der Waals surface area (Å²) in [7, 11) is 0. The molecule has 0 saturated carbocycles. The standard InChI is InChI=1S/C16H16ClNO2S/c1-21-14-7-5-11(6-8-14)15(19)10-18-16(20)12-3-2-4-13(17)9-12/h2-9,15,19H,10H2,1H3,(H,18,20). The first kappa shape index (κ1) is 15.9. The summed E-state index contributed by atoms with van der Waals surface area (Å²) in [6.07, 6.45) is 1.26. The van der Waals surface area contributed by atoms with Gasteiger partial charge in [0.15, 0.2) is 0 Å². The van der Waals surface area contributed by atoms with Crippen LogP contribution in [0.15, 0.2) is 53.4 Å². The predicted octanol–water partition coefficient (Wildman–Crippen LogP) is 3.53. The van der Waals surface area contributed by atoms with Crippen molar-refractivity contribution in [1.82, 2.24) is 5.32 Å². The van der Waals surface area contributed by atoms with Crippen molar-refractivity contribution in [1.29, 1.82) is 0 Å². The van der Waals surface area contributed by atoms with E-state index < -0.39 is 6.10 Å². The maximum absolute atomic E-state index is 11.9. The average molecular weight is 322 g/mol. The number of carbonyl (C=O) groups is 1. The van der Waals surface area contributed by atoms with Gasteiger partial charge in [-0.2, -0.15) is 0 Å². The molecule has 2 rings (SSSR count). The molecule has 2 aromatic rings. The fraction of sp³-hybridized carbons (Fsp3) is 0.188. The van der Waals surface area contributed by atoms with Crippen molar-refractivity contribution >= 4 is 29.3 Å². The molecule has 0 aliphatic rings. The molecule has 0 radical (unpaired) electrons. The zero-order chi connectivity index (χ0) is 15.2. The van der Waals surface area contributed by atoms with Gasteiger partial charge in [0.1, 0.15) is 0 Å². The minimum atomic E-state index is -0.732. The Morgan fingerprint density at radius 3 is 2.62 bits per heavy atom. The van der Waals surface area contributed by atoms with Gasteiger partial charge in [-0.15, -0.1) is 11.8 Å². The topological polar surface area (TPSA) is 49.3 Å². The Bertz CT molecular complexity index is 616. The van der Waals surface area contributed by atoms with Crippen molar-refractivity contribution in [2.24, 2.45) is 0 Å². The molecule has 5 heteroatoms. The van der Waals surface area contributed by atoms with Crippen LogP contribution in [0.25, 0.3) is 0 Å². The molecule has 0 spiro atoms. The number of rotatable bonds is 5. The molecule has 0 saturated heterocycles. The average Bonchev–Trinajstić information content (AvgIpc) is 2.52. The summed E-state index contributed by atoms with van der Waals surface area (Å²) in [6.45, 7) is 0.157. The quantitative estimate of drug-likeness (QED) is 0.828. The van der Waals surface area contributed by atoms with Gasteiger partial charge in [-0.3, -0.25) is 4.79 Å². The van der Waals surface area contributed by atoms with E-state index in [4.69, 9.17) is 11.6 Å². The summed E-state index contributed by atoms with van der Waals surface area (Å²) in [5.41, 5.74) is 1.26. The van der Waals surface area contributed by atoms with E-state index in [1.165, 1.54) is 0 Å². The van der Waals surface area contributed by atoms with E-state index in [9.17, 15) is 9.90 Å². The molecule has 0 aromatic heterocycles. The minimum absolute atomic E-state index is 0.157. The van der Waals surface area contributed by atoms with E-state index in [2.05, 4.69) is 5.32 Å². The van der Waals surface area contributed by atoms with Crippen molar-refractivity contribution in [3.05, 3.63) is 64.7 Å². The molecule has 2 N–H and O–H groups in total. The van der Waals surface area contributed by atoms with Crippen molar-refractivity contribution < 1.29 is 9.90 Å². The van der Waals surface area contributed by atoms with Gasteiger partial charge < -0.3 is 10.4 Å². The van der Waals surface area contributed by atoms with Crippen molar-refractivity contribution in [2.45, 2.75) is 11.0 Å². The number of hydrogen-bond acceptors (Lipinski definition) is 3. The van der Waals surface area contributed by atoms with Gasteiger partial charge >= 0.3 is 0 Å². The molecule has 0 heterocycles. The maximum atomic E-state index is 11.9. The second kappa shape index (κ2) is 7.50. The van der Waals surface area contributed by atoms with Gasteiger partial charge in [0.25, 0.3) is 5.91 Å². The van der Waals surface area contributed by atoms with Crippen molar-refractivity contribution in [3.8, 4) is 0 Å². The highest BCUT2D eigenvalue weighted by molar-refractivity contribution is 7.98. The van der Waals surface area contributed by atoms with Crippen molar-refractivity contribution in [3.63, 3.8) is 0 Å². The van der Waals surface area contributed by atoms with Crippen LogP contribution in [0.5, 0.6) is 0 Å². The SMILES string of the molecule is CSc1ccc(C(O)CNC(=O)c2cccc(Cl)c2)cc1. The first-order chi connectivity index (χ1) is 10.1. The van der Waals surface area contributed by atoms with E-state index in [-0.39, 0.29) is 12.5 Å². The lowest BCUT2D eigenvalue weighted by atomic mass is 10.1. The number of carbonyl (C=O) groups excluding carboxylic acids is 1. The highest BCUT2D eigenvalue weighted by Gasteiger charge is 2.11. The molecule has 110 valence electrons. The van der Waals surface area contributed by atoms with Crippen LogP contribution < -0.4 is 5.32 Å². The first-order valence-corrected chi connectivity index (χ1v) is 8.06. The van der Waals surface area contributed by atoms with Crippen LogP contribution in [0.4, 0.5) is 0 Å². The number of aliphatic hydroxyl groups excluding tert-OH is 1. The molecule has 0 fully saturated rings. The lowest BCUT2D eigenvalue weighted by Gasteiger charge is -2.13. The number of thioether (sulfide) groups is 1. The van der Waals surface area contributed by atoms with Gasteiger partial charge in [0, 0.05) is 22.0 Å². The summed E-state index contributed by atoms with van der Waals surface area (Å²) < 4.78 is 0. The fourth-order valence-electron chi connectivity index (χ4n) is 1.87. The normalized spacial score (nSPS) is 12.0. The number of hydrogen-bond donors (Lipinski definition) is 2. The number of aliphatic hydroxyl groups is 1. The van der Waals surface area contributed by atoms with Crippen LogP contribution in [0, 0.1) is 0 Å². The van der Waals surface area contributed by atoms with Crippen LogP contribution in [0.1, 0.15) is 22.0 Å². The highest BCUT2D eigenvalue weighted by Crippen LogP contribution is 2.19. The number of halogens is 1. The maximum Gasteiger partial charge on any atom is 0.251 e. The Hall–Kier alpha value is -1.49. The molecule has 1 unspecified atom stereocenters. The van der Waals surface area contributed by atoms with Crippen LogP contribution >= 0.6 is 23.4 Å². The number of nitrogens with one attached hydrogen (secondary N) is 1. The van der Waals surface area contributed by atoms with Gasteiger partial charge in [-0.05, 0) is 42.2 Å². The zero-order valence-corrected chi connectivity index (χ0v) is 13.1. The minimum Gasteiger partial charge on any atom is -0.387 e. The molecule has 21 heavy (non-hydrogen) atoms. The highest BCUT2D eigenvalue weighted by atomic mass is 35.5. The second-order valence-corrected chi connectivity index (χ2v) is 5.83. The fourth-order valence-corrected chi connectivity index (χ4v) is 2.46. The van der Waals surface area contributed by atoms with Gasteiger partial charge in [-0.25, -0.2) is 0 Å². The van der Waals surface area contributed by atoms with Gasteiger partial charge in [-0.1, -0.05) is 29.8 Å². The number of amides is 1. The van der Waals surface area contributed by atoms with Crippen LogP contribution in [-0.2, 0) is 0 Å². The third-order valence-electron chi connectivity index (χ3n) is 3.04. The summed E-state index contributed by atoms with van der Waals surface area (Å²) in [5, 5.41) is 13.3. The Morgan fingerprint density at radius 2 is 2.00 bits per heavy atom. The summed E-state index contributed by atoms with van der Waals surface area (Å²) in [4.78, 5) is 13.1. The molecule has 3 nitrogen and oxygen atoms in total. The van der Waals surface area contributed by atoms with E-state index >= 15 is 0 Å².